The predicted molar refractivity (Wildman–Crippen MR) is 124 cm³/mol. The molecule has 4 heterocycles. The Morgan fingerprint density at radius 1 is 0.906 bits per heavy atom. The lowest BCUT2D eigenvalue weighted by Crippen LogP contribution is -2.39. The molecule has 3 saturated heterocycles. The number of carbonyl (C=O) groups excluding carboxylic acids is 2. The van der Waals surface area contributed by atoms with Gasteiger partial charge in [0.15, 0.2) is 0 Å². The van der Waals surface area contributed by atoms with Crippen molar-refractivity contribution >= 4 is 33.6 Å². The number of piperidine rings is 1. The predicted octanol–water partition coefficient (Wildman–Crippen LogP) is 3.99. The SMILES string of the molecule is CN1C2CCC1CC(=O)C2.O=C(c1ccc2c(=O)c3ccccc3oc2c1)N1CCCC1. The molecule has 1 aromatic heterocycles. The van der Waals surface area contributed by atoms with Gasteiger partial charge in [-0.25, -0.2) is 0 Å². The number of hydrogen-bond donors (Lipinski definition) is 0. The van der Waals surface area contributed by atoms with Crippen LogP contribution in [0.3, 0.4) is 0 Å². The summed E-state index contributed by atoms with van der Waals surface area (Å²) in [6.07, 6.45) is 6.22. The summed E-state index contributed by atoms with van der Waals surface area (Å²) in [5.41, 5.74) is 1.53. The van der Waals surface area contributed by atoms with Crippen LogP contribution in [0.15, 0.2) is 51.7 Å². The number of amides is 1. The zero-order chi connectivity index (χ0) is 22.2. The molecule has 2 atom stereocenters. The number of carbonyl (C=O) groups is 2. The third-order valence-electron chi connectivity index (χ3n) is 7.13. The van der Waals surface area contributed by atoms with Crippen LogP contribution in [-0.4, -0.2) is 53.7 Å². The molecule has 2 unspecified atom stereocenters. The number of Topliss-reactive ketones (excluding diaryl/α,β-unsaturated/α-hetero) is 1. The molecule has 6 rings (SSSR count). The van der Waals surface area contributed by atoms with Crippen molar-refractivity contribution in [1.29, 1.82) is 0 Å². The van der Waals surface area contributed by atoms with Crippen molar-refractivity contribution in [3.63, 3.8) is 0 Å². The zero-order valence-electron chi connectivity index (χ0n) is 18.4. The van der Waals surface area contributed by atoms with Crippen molar-refractivity contribution in [3.8, 4) is 0 Å². The van der Waals surface area contributed by atoms with Gasteiger partial charge in [-0.1, -0.05) is 12.1 Å². The highest BCUT2D eigenvalue weighted by Crippen LogP contribution is 2.31. The summed E-state index contributed by atoms with van der Waals surface area (Å²) in [5.74, 6) is 0.487. The molecule has 166 valence electrons. The highest BCUT2D eigenvalue weighted by molar-refractivity contribution is 5.99. The largest absolute Gasteiger partial charge is 0.456 e. The van der Waals surface area contributed by atoms with Crippen LogP contribution in [0, 0.1) is 0 Å². The third kappa shape index (κ3) is 3.84. The Hall–Kier alpha value is -2.99. The molecule has 2 bridgehead atoms. The Morgan fingerprint density at radius 3 is 2.28 bits per heavy atom. The molecule has 2 aromatic carbocycles. The van der Waals surface area contributed by atoms with E-state index in [1.165, 1.54) is 12.8 Å². The highest BCUT2D eigenvalue weighted by atomic mass is 16.3. The first-order valence-corrected chi connectivity index (χ1v) is 11.5. The van der Waals surface area contributed by atoms with Crippen molar-refractivity contribution in [1.82, 2.24) is 9.80 Å². The van der Waals surface area contributed by atoms with Crippen molar-refractivity contribution in [2.45, 2.75) is 50.6 Å². The second-order valence-electron chi connectivity index (χ2n) is 9.13. The first-order valence-electron chi connectivity index (χ1n) is 11.5. The molecular weight excluding hydrogens is 404 g/mol. The zero-order valence-corrected chi connectivity index (χ0v) is 18.4. The summed E-state index contributed by atoms with van der Waals surface area (Å²) < 4.78 is 5.81. The Balaban J connectivity index is 0.000000180. The summed E-state index contributed by atoms with van der Waals surface area (Å²) in [4.78, 5) is 40.2. The molecule has 6 nitrogen and oxygen atoms in total. The average molecular weight is 433 g/mol. The number of hydrogen-bond acceptors (Lipinski definition) is 5. The van der Waals surface area contributed by atoms with Gasteiger partial charge in [0, 0.05) is 43.6 Å². The average Bonchev–Trinajstić information content (AvgIpc) is 3.40. The molecular formula is C26H28N2O4. The maximum absolute atomic E-state index is 12.5. The molecule has 3 fully saturated rings. The van der Waals surface area contributed by atoms with Crippen LogP contribution in [0.5, 0.6) is 0 Å². The van der Waals surface area contributed by atoms with Crippen LogP contribution in [0.2, 0.25) is 0 Å². The van der Waals surface area contributed by atoms with Gasteiger partial charge in [-0.15, -0.1) is 0 Å². The van der Waals surface area contributed by atoms with Gasteiger partial charge >= 0.3 is 0 Å². The molecule has 1 amide bonds. The molecule has 3 aromatic rings. The summed E-state index contributed by atoms with van der Waals surface area (Å²) in [6, 6.07) is 13.4. The van der Waals surface area contributed by atoms with Crippen LogP contribution in [0.1, 0.15) is 48.9 Å². The summed E-state index contributed by atoms with van der Waals surface area (Å²) >= 11 is 0. The normalized spacial score (nSPS) is 22.9. The minimum atomic E-state index is -0.0583. The van der Waals surface area contributed by atoms with Gasteiger partial charge in [0.2, 0.25) is 5.43 Å². The van der Waals surface area contributed by atoms with Crippen LogP contribution in [0.25, 0.3) is 21.9 Å². The number of para-hydroxylation sites is 1. The van der Waals surface area contributed by atoms with Gasteiger partial charge in [0.25, 0.3) is 5.91 Å². The van der Waals surface area contributed by atoms with E-state index in [1.807, 2.05) is 17.0 Å². The summed E-state index contributed by atoms with van der Waals surface area (Å²) in [7, 11) is 2.15. The third-order valence-corrected chi connectivity index (χ3v) is 7.13. The maximum atomic E-state index is 12.5. The number of ketones is 1. The molecule has 3 aliphatic heterocycles. The fourth-order valence-corrected chi connectivity index (χ4v) is 5.23. The number of fused-ring (bicyclic) bond motifs is 4. The van der Waals surface area contributed by atoms with E-state index in [0.29, 0.717) is 45.4 Å². The topological polar surface area (TPSA) is 70.8 Å². The van der Waals surface area contributed by atoms with E-state index in [1.54, 1.807) is 30.3 Å². The van der Waals surface area contributed by atoms with Gasteiger partial charge in [0.05, 0.1) is 10.8 Å². The van der Waals surface area contributed by atoms with E-state index < -0.39 is 0 Å². The lowest BCUT2D eigenvalue weighted by Gasteiger charge is -2.29. The summed E-state index contributed by atoms with van der Waals surface area (Å²) in [6.45, 7) is 1.61. The Bertz CT molecular complexity index is 1230. The molecule has 6 heteroatoms. The quantitative estimate of drug-likeness (QED) is 0.544. The minimum absolute atomic E-state index is 0.00945. The lowest BCUT2D eigenvalue weighted by molar-refractivity contribution is -0.123. The highest BCUT2D eigenvalue weighted by Gasteiger charge is 2.37. The molecule has 0 spiro atoms. The molecule has 0 aliphatic carbocycles. The fraction of sp³-hybridized carbons (Fsp3) is 0.423. The van der Waals surface area contributed by atoms with Gasteiger partial charge in [-0.2, -0.15) is 0 Å². The minimum Gasteiger partial charge on any atom is -0.456 e. The van der Waals surface area contributed by atoms with E-state index in [-0.39, 0.29) is 11.3 Å². The fourth-order valence-electron chi connectivity index (χ4n) is 5.23. The van der Waals surface area contributed by atoms with Crippen molar-refractivity contribution in [2.24, 2.45) is 0 Å². The number of rotatable bonds is 1. The Morgan fingerprint density at radius 2 is 1.56 bits per heavy atom. The monoisotopic (exact) mass is 432 g/mol. The second-order valence-corrected chi connectivity index (χ2v) is 9.13. The van der Waals surface area contributed by atoms with Crippen LogP contribution >= 0.6 is 0 Å². The van der Waals surface area contributed by atoms with Gasteiger partial charge < -0.3 is 9.32 Å². The molecule has 0 N–H and O–H groups in total. The number of nitrogens with zero attached hydrogens (tertiary/aromatic N) is 2. The van der Waals surface area contributed by atoms with Crippen molar-refractivity contribution in [2.75, 3.05) is 20.1 Å². The number of benzene rings is 2. The summed E-state index contributed by atoms with van der Waals surface area (Å²) in [5, 5.41) is 1.07. The molecule has 0 saturated carbocycles. The lowest BCUT2D eigenvalue weighted by atomic mass is 10.0. The van der Waals surface area contributed by atoms with E-state index >= 15 is 0 Å². The van der Waals surface area contributed by atoms with Gasteiger partial charge in [0.1, 0.15) is 16.9 Å². The van der Waals surface area contributed by atoms with Crippen molar-refractivity contribution in [3.05, 3.63) is 58.3 Å². The van der Waals surface area contributed by atoms with Crippen LogP contribution in [-0.2, 0) is 4.79 Å². The van der Waals surface area contributed by atoms with Crippen LogP contribution in [0.4, 0.5) is 0 Å². The molecule has 32 heavy (non-hydrogen) atoms. The Labute approximate surface area is 186 Å². The van der Waals surface area contributed by atoms with Crippen LogP contribution < -0.4 is 5.43 Å². The van der Waals surface area contributed by atoms with Gasteiger partial charge in [-0.05, 0) is 63.1 Å². The van der Waals surface area contributed by atoms with E-state index in [0.717, 1.165) is 38.8 Å². The Kier molecular flexibility index (Phi) is 5.55. The smallest absolute Gasteiger partial charge is 0.253 e. The van der Waals surface area contributed by atoms with E-state index in [2.05, 4.69) is 11.9 Å². The molecule has 3 aliphatic rings. The van der Waals surface area contributed by atoms with Crippen molar-refractivity contribution < 1.29 is 14.0 Å². The molecule has 0 radical (unpaired) electrons. The first kappa shape index (κ1) is 20.9. The van der Waals surface area contributed by atoms with Gasteiger partial charge in [-0.3, -0.25) is 19.3 Å². The maximum Gasteiger partial charge on any atom is 0.253 e. The van der Waals surface area contributed by atoms with E-state index in [9.17, 15) is 14.4 Å². The van der Waals surface area contributed by atoms with E-state index in [4.69, 9.17) is 4.42 Å². The standard InChI is InChI=1S/C18H15NO3.C8H13NO/c20-17-13-5-1-2-6-15(13)22-16-11-12(7-8-14(16)17)18(21)19-9-3-4-10-19;1-9-6-2-3-7(9)5-8(10)4-6/h1-2,5-8,11H,3-4,9-10H2;6-7H,2-5H2,1H3. The second kappa shape index (κ2) is 8.51. The number of likely N-dealkylation sites (tertiary alicyclic amines) is 1. The first-order chi connectivity index (χ1) is 15.5.